The number of nitrogens with zero attached hydrogens (tertiary/aromatic N) is 3. The van der Waals surface area contributed by atoms with E-state index in [1.54, 1.807) is 24.3 Å². The molecular weight excluding hydrogens is 425 g/mol. The SMILES string of the molecule is COCc1c(C(=O)Nc2cc(C(F)(F)F)ccc2Cl)nnn1-c1ccc(OC)cc1. The lowest BCUT2D eigenvalue weighted by molar-refractivity contribution is -0.137. The summed E-state index contributed by atoms with van der Waals surface area (Å²) in [6.07, 6.45) is -4.58. The smallest absolute Gasteiger partial charge is 0.416 e. The van der Waals surface area contributed by atoms with Gasteiger partial charge in [0.05, 0.1) is 35.7 Å². The first-order chi connectivity index (χ1) is 14.2. The number of hydrogen-bond acceptors (Lipinski definition) is 5. The molecule has 1 amide bonds. The van der Waals surface area contributed by atoms with E-state index in [0.29, 0.717) is 17.1 Å². The number of methoxy groups -OCH3 is 2. The van der Waals surface area contributed by atoms with Crippen LogP contribution in [0.4, 0.5) is 18.9 Å². The van der Waals surface area contributed by atoms with E-state index in [0.717, 1.165) is 18.2 Å². The van der Waals surface area contributed by atoms with Crippen molar-refractivity contribution in [3.8, 4) is 11.4 Å². The molecule has 0 atom stereocenters. The third-order valence-electron chi connectivity index (χ3n) is 4.12. The van der Waals surface area contributed by atoms with E-state index < -0.39 is 17.6 Å². The van der Waals surface area contributed by atoms with Crippen LogP contribution < -0.4 is 10.1 Å². The minimum Gasteiger partial charge on any atom is -0.497 e. The zero-order valence-corrected chi connectivity index (χ0v) is 16.6. The Balaban J connectivity index is 1.94. The second-order valence-electron chi connectivity index (χ2n) is 6.07. The van der Waals surface area contributed by atoms with Gasteiger partial charge in [0, 0.05) is 7.11 Å². The summed E-state index contributed by atoms with van der Waals surface area (Å²) in [5, 5.41) is 10.2. The first-order valence-corrected chi connectivity index (χ1v) is 8.88. The lowest BCUT2D eigenvalue weighted by Gasteiger charge is -2.12. The molecule has 7 nitrogen and oxygen atoms in total. The van der Waals surface area contributed by atoms with Gasteiger partial charge in [-0.25, -0.2) is 4.68 Å². The summed E-state index contributed by atoms with van der Waals surface area (Å²) in [5.74, 6) is -0.146. The lowest BCUT2D eigenvalue weighted by Crippen LogP contribution is -2.17. The number of benzene rings is 2. The largest absolute Gasteiger partial charge is 0.497 e. The van der Waals surface area contributed by atoms with E-state index in [4.69, 9.17) is 21.1 Å². The molecule has 1 heterocycles. The van der Waals surface area contributed by atoms with Crippen molar-refractivity contribution in [1.82, 2.24) is 15.0 Å². The second kappa shape index (κ2) is 8.72. The molecule has 3 rings (SSSR count). The zero-order chi connectivity index (χ0) is 21.9. The Labute approximate surface area is 174 Å². The number of anilines is 1. The second-order valence-corrected chi connectivity index (χ2v) is 6.48. The molecule has 0 saturated carbocycles. The number of halogens is 4. The molecule has 1 aromatic heterocycles. The van der Waals surface area contributed by atoms with Crippen molar-refractivity contribution in [2.24, 2.45) is 0 Å². The van der Waals surface area contributed by atoms with Gasteiger partial charge in [-0.3, -0.25) is 4.79 Å². The predicted octanol–water partition coefficient (Wildman–Crippen LogP) is 4.35. The number of aromatic nitrogens is 3. The number of hydrogen-bond donors (Lipinski definition) is 1. The van der Waals surface area contributed by atoms with Gasteiger partial charge in [-0.2, -0.15) is 13.2 Å². The maximum atomic E-state index is 13.0. The summed E-state index contributed by atoms with van der Waals surface area (Å²) in [5.41, 5.74) is -0.351. The van der Waals surface area contributed by atoms with Crippen molar-refractivity contribution in [3.63, 3.8) is 0 Å². The molecule has 3 aromatic rings. The normalized spacial score (nSPS) is 11.4. The monoisotopic (exact) mass is 440 g/mol. The Morgan fingerprint density at radius 2 is 1.87 bits per heavy atom. The molecular formula is C19H16ClF3N4O3. The Hall–Kier alpha value is -3.11. The predicted molar refractivity (Wildman–Crippen MR) is 103 cm³/mol. The molecule has 0 saturated heterocycles. The van der Waals surface area contributed by atoms with Gasteiger partial charge < -0.3 is 14.8 Å². The van der Waals surface area contributed by atoms with Gasteiger partial charge >= 0.3 is 6.18 Å². The van der Waals surface area contributed by atoms with Gasteiger partial charge in [0.2, 0.25) is 0 Å². The molecule has 0 bridgehead atoms. The number of alkyl halides is 3. The fraction of sp³-hybridized carbons (Fsp3) is 0.211. The average Bonchev–Trinajstić information content (AvgIpc) is 3.13. The first-order valence-electron chi connectivity index (χ1n) is 8.50. The third-order valence-corrected chi connectivity index (χ3v) is 4.45. The fourth-order valence-electron chi connectivity index (χ4n) is 2.65. The molecule has 0 spiro atoms. The fourth-order valence-corrected chi connectivity index (χ4v) is 2.82. The molecule has 0 aliphatic carbocycles. The summed E-state index contributed by atoms with van der Waals surface area (Å²) in [6.45, 7) is -0.0158. The molecule has 1 N–H and O–H groups in total. The van der Waals surface area contributed by atoms with E-state index in [-0.39, 0.29) is 23.0 Å². The standard InChI is InChI=1S/C19H16ClF3N4O3/c1-29-10-16-17(25-26-27(16)12-4-6-13(30-2)7-5-12)18(28)24-15-9-11(19(21,22)23)3-8-14(15)20/h3-9H,10H2,1-2H3,(H,24,28). The topological polar surface area (TPSA) is 78.3 Å². The van der Waals surface area contributed by atoms with Gasteiger partial charge in [-0.15, -0.1) is 5.10 Å². The van der Waals surface area contributed by atoms with Crippen molar-refractivity contribution in [2.75, 3.05) is 19.5 Å². The van der Waals surface area contributed by atoms with Crippen molar-refractivity contribution in [2.45, 2.75) is 12.8 Å². The molecule has 30 heavy (non-hydrogen) atoms. The maximum absolute atomic E-state index is 13.0. The van der Waals surface area contributed by atoms with Crippen molar-refractivity contribution >= 4 is 23.2 Å². The Kier molecular flexibility index (Phi) is 6.28. The van der Waals surface area contributed by atoms with Crippen LogP contribution in [-0.4, -0.2) is 35.1 Å². The maximum Gasteiger partial charge on any atom is 0.416 e. The van der Waals surface area contributed by atoms with Crippen molar-refractivity contribution in [1.29, 1.82) is 0 Å². The van der Waals surface area contributed by atoms with E-state index >= 15 is 0 Å². The zero-order valence-electron chi connectivity index (χ0n) is 15.8. The quantitative estimate of drug-likeness (QED) is 0.616. The van der Waals surface area contributed by atoms with Gasteiger partial charge in [0.1, 0.15) is 11.4 Å². The van der Waals surface area contributed by atoms with Gasteiger partial charge in [0.25, 0.3) is 5.91 Å². The summed E-state index contributed by atoms with van der Waals surface area (Å²) in [4.78, 5) is 12.7. The van der Waals surface area contributed by atoms with Gasteiger partial charge in [-0.05, 0) is 42.5 Å². The molecule has 11 heteroatoms. The van der Waals surface area contributed by atoms with Crippen LogP contribution in [0.3, 0.4) is 0 Å². The highest BCUT2D eigenvalue weighted by molar-refractivity contribution is 6.34. The van der Waals surface area contributed by atoms with Crippen LogP contribution in [0.1, 0.15) is 21.7 Å². The van der Waals surface area contributed by atoms with E-state index in [2.05, 4.69) is 15.6 Å². The minimum atomic E-state index is -4.58. The number of amides is 1. The highest BCUT2D eigenvalue weighted by Gasteiger charge is 2.31. The highest BCUT2D eigenvalue weighted by Crippen LogP contribution is 2.34. The van der Waals surface area contributed by atoms with Crippen LogP contribution in [0.25, 0.3) is 5.69 Å². The molecule has 0 aliphatic rings. The summed E-state index contributed by atoms with van der Waals surface area (Å²) in [6, 6.07) is 9.46. The van der Waals surface area contributed by atoms with Crippen LogP contribution in [0.5, 0.6) is 5.75 Å². The van der Waals surface area contributed by atoms with Gasteiger partial charge in [-0.1, -0.05) is 16.8 Å². The lowest BCUT2D eigenvalue weighted by atomic mass is 10.2. The third kappa shape index (κ3) is 4.55. The van der Waals surface area contributed by atoms with Crippen LogP contribution in [0.15, 0.2) is 42.5 Å². The van der Waals surface area contributed by atoms with Crippen LogP contribution in [0.2, 0.25) is 5.02 Å². The molecule has 0 fully saturated rings. The van der Waals surface area contributed by atoms with Crippen molar-refractivity contribution in [3.05, 3.63) is 64.4 Å². The number of nitrogens with one attached hydrogen (secondary N) is 1. The number of rotatable bonds is 6. The summed E-state index contributed by atoms with van der Waals surface area (Å²) >= 11 is 5.95. The first kappa shape index (κ1) is 21.6. The van der Waals surface area contributed by atoms with Crippen LogP contribution in [-0.2, 0) is 17.5 Å². The van der Waals surface area contributed by atoms with E-state index in [9.17, 15) is 18.0 Å². The van der Waals surface area contributed by atoms with Gasteiger partial charge in [0.15, 0.2) is 5.69 Å². The Morgan fingerprint density at radius 3 is 2.47 bits per heavy atom. The summed E-state index contributed by atoms with van der Waals surface area (Å²) in [7, 11) is 2.96. The summed E-state index contributed by atoms with van der Waals surface area (Å²) < 4.78 is 50.5. The van der Waals surface area contributed by atoms with Crippen molar-refractivity contribution < 1.29 is 27.4 Å². The Morgan fingerprint density at radius 1 is 1.17 bits per heavy atom. The highest BCUT2D eigenvalue weighted by atomic mass is 35.5. The molecule has 2 aromatic carbocycles. The molecule has 158 valence electrons. The molecule has 0 unspecified atom stereocenters. The number of ether oxygens (including phenoxy) is 2. The van der Waals surface area contributed by atoms with Crippen LogP contribution >= 0.6 is 11.6 Å². The van der Waals surface area contributed by atoms with E-state index in [1.807, 2.05) is 0 Å². The van der Waals surface area contributed by atoms with E-state index in [1.165, 1.54) is 18.9 Å². The number of carbonyl (C=O) groups excluding carboxylic acids is 1. The molecule has 0 aliphatic heterocycles. The Bertz CT molecular complexity index is 1050. The van der Waals surface area contributed by atoms with Crippen LogP contribution in [0, 0.1) is 0 Å². The average molecular weight is 441 g/mol. The number of carbonyl (C=O) groups is 1. The minimum absolute atomic E-state index is 0.0158. The molecule has 0 radical (unpaired) electrons.